The summed E-state index contributed by atoms with van der Waals surface area (Å²) in [5.74, 6) is 0.767. The zero-order valence-electron chi connectivity index (χ0n) is 8.55. The van der Waals surface area contributed by atoms with E-state index in [-0.39, 0.29) is 24.7 Å². The van der Waals surface area contributed by atoms with Crippen molar-refractivity contribution in [3.05, 3.63) is 10.1 Å². The maximum Gasteiger partial charge on any atom is 0.259 e. The normalized spacial score (nSPS) is 30.7. The van der Waals surface area contributed by atoms with Gasteiger partial charge in [-0.25, -0.2) is 0 Å². The van der Waals surface area contributed by atoms with E-state index in [1.54, 1.807) is 0 Å². The number of aliphatic hydroxyl groups excluding tert-OH is 1. The quantitative estimate of drug-likeness (QED) is 0.306. The molecule has 1 fully saturated rings. The molecule has 1 heterocycles. The average molecular weight is 237 g/mol. The molecule has 0 radical (unpaired) electrons. The first-order valence-corrected chi connectivity index (χ1v) is 5.76. The van der Waals surface area contributed by atoms with Crippen molar-refractivity contribution in [3.8, 4) is 0 Å². The van der Waals surface area contributed by atoms with Crippen LogP contribution in [0.4, 0.5) is 0 Å². The molecule has 0 bridgehead atoms. The number of aliphatic hydroxyl groups is 1. The first-order valence-electron chi connectivity index (χ1n) is 4.60. The molecular formula is C8H15NO5S. The number of nitrogens with zero attached hydrogens (tertiary/aromatic N) is 1. The molecule has 0 amide bonds. The lowest BCUT2D eigenvalue weighted by molar-refractivity contribution is -0.575. The van der Waals surface area contributed by atoms with Crippen molar-refractivity contribution in [2.24, 2.45) is 0 Å². The number of nitro groups is 1. The van der Waals surface area contributed by atoms with Crippen molar-refractivity contribution >= 4 is 11.8 Å². The van der Waals surface area contributed by atoms with Crippen LogP contribution >= 0.6 is 11.8 Å². The van der Waals surface area contributed by atoms with Crippen LogP contribution in [0.5, 0.6) is 0 Å². The third-order valence-electron chi connectivity index (χ3n) is 2.49. The molecule has 0 spiro atoms. The van der Waals surface area contributed by atoms with E-state index in [0.29, 0.717) is 11.5 Å². The van der Waals surface area contributed by atoms with Gasteiger partial charge in [0.25, 0.3) is 5.54 Å². The van der Waals surface area contributed by atoms with Crippen LogP contribution < -0.4 is 0 Å². The fraction of sp³-hybridized carbons (Fsp3) is 1.00. The van der Waals surface area contributed by atoms with Gasteiger partial charge < -0.3 is 14.6 Å². The molecule has 2 atom stereocenters. The Morgan fingerprint density at radius 2 is 2.47 bits per heavy atom. The van der Waals surface area contributed by atoms with E-state index in [1.807, 2.05) is 0 Å². The monoisotopic (exact) mass is 237 g/mol. The lowest BCUT2D eigenvalue weighted by atomic mass is 9.93. The van der Waals surface area contributed by atoms with Gasteiger partial charge in [0.05, 0.1) is 12.4 Å². The van der Waals surface area contributed by atoms with Crippen molar-refractivity contribution in [1.82, 2.24) is 0 Å². The van der Waals surface area contributed by atoms with E-state index in [9.17, 15) is 15.2 Å². The van der Waals surface area contributed by atoms with E-state index in [0.717, 1.165) is 0 Å². The van der Waals surface area contributed by atoms with Crippen molar-refractivity contribution in [1.29, 1.82) is 0 Å². The van der Waals surface area contributed by atoms with E-state index >= 15 is 0 Å². The Morgan fingerprint density at radius 1 is 1.73 bits per heavy atom. The fourth-order valence-electron chi connectivity index (χ4n) is 1.49. The summed E-state index contributed by atoms with van der Waals surface area (Å²) in [6.45, 7) is 0.351. The highest BCUT2D eigenvalue weighted by Crippen LogP contribution is 2.33. The zero-order valence-corrected chi connectivity index (χ0v) is 9.37. The maximum absolute atomic E-state index is 10.9. The molecule has 2 unspecified atom stereocenters. The molecule has 0 aliphatic carbocycles. The highest BCUT2D eigenvalue weighted by atomic mass is 32.2. The minimum Gasteiger partial charge on any atom is -0.385 e. The van der Waals surface area contributed by atoms with Gasteiger partial charge in [-0.05, 0) is 0 Å². The molecule has 15 heavy (non-hydrogen) atoms. The molecule has 1 saturated heterocycles. The molecule has 1 aliphatic rings. The Kier molecular flexibility index (Phi) is 4.78. The Hall–Kier alpha value is -0.370. The molecule has 0 aromatic heterocycles. The highest BCUT2D eigenvalue weighted by molar-refractivity contribution is 7.99. The lowest BCUT2D eigenvalue weighted by Crippen LogP contribution is -2.49. The molecule has 6 nitrogen and oxygen atoms in total. The van der Waals surface area contributed by atoms with E-state index in [2.05, 4.69) is 4.74 Å². The van der Waals surface area contributed by atoms with Gasteiger partial charge in [-0.3, -0.25) is 10.1 Å². The highest BCUT2D eigenvalue weighted by Gasteiger charge is 2.53. The minimum absolute atomic E-state index is 0.122. The third-order valence-corrected chi connectivity index (χ3v) is 3.75. The zero-order chi connectivity index (χ0) is 11.3. The Labute approximate surface area is 92.1 Å². The molecule has 1 aliphatic heterocycles. The van der Waals surface area contributed by atoms with Crippen LogP contribution in [0.2, 0.25) is 0 Å². The molecule has 0 aromatic rings. The van der Waals surface area contributed by atoms with Crippen molar-refractivity contribution < 1.29 is 19.5 Å². The predicted octanol–water partition coefficient (Wildman–Crippen LogP) is 0.120. The first-order chi connectivity index (χ1) is 7.13. The molecule has 1 N–H and O–H groups in total. The number of ether oxygens (including phenoxy) is 2. The number of methoxy groups -OCH3 is 1. The Bertz CT molecular complexity index is 227. The van der Waals surface area contributed by atoms with Crippen LogP contribution in [-0.2, 0) is 9.47 Å². The maximum atomic E-state index is 10.9. The van der Waals surface area contributed by atoms with E-state index < -0.39 is 11.6 Å². The van der Waals surface area contributed by atoms with Gasteiger partial charge in [0, 0.05) is 24.2 Å². The lowest BCUT2D eigenvalue weighted by Gasteiger charge is -2.22. The fourth-order valence-corrected chi connectivity index (χ4v) is 2.94. The summed E-state index contributed by atoms with van der Waals surface area (Å²) in [7, 11) is 1.49. The third kappa shape index (κ3) is 2.81. The number of thioether (sulfide) groups is 1. The minimum atomic E-state index is -1.24. The van der Waals surface area contributed by atoms with Crippen molar-refractivity contribution in [3.63, 3.8) is 0 Å². The number of rotatable bonds is 6. The van der Waals surface area contributed by atoms with Crippen LogP contribution in [0.15, 0.2) is 0 Å². The summed E-state index contributed by atoms with van der Waals surface area (Å²) in [5.41, 5.74) is -1.24. The van der Waals surface area contributed by atoms with E-state index in [4.69, 9.17) is 4.74 Å². The largest absolute Gasteiger partial charge is 0.385 e. The topological polar surface area (TPSA) is 81.8 Å². The summed E-state index contributed by atoms with van der Waals surface area (Å²) >= 11 is 1.40. The van der Waals surface area contributed by atoms with Gasteiger partial charge in [0.1, 0.15) is 12.9 Å². The SMILES string of the molecule is COCOCCC1([N+](=O)[O-])CSCC1O. The van der Waals surface area contributed by atoms with Crippen LogP contribution in [0, 0.1) is 10.1 Å². The van der Waals surface area contributed by atoms with Gasteiger partial charge in [0.15, 0.2) is 0 Å². The Balaban J connectivity index is 2.47. The van der Waals surface area contributed by atoms with Gasteiger partial charge >= 0.3 is 0 Å². The standard InChI is InChI=1S/C8H15NO5S/c1-13-6-14-3-2-8(9(11)12)5-15-4-7(8)10/h7,10H,2-6H2,1H3. The second kappa shape index (κ2) is 5.64. The van der Waals surface area contributed by atoms with Crippen molar-refractivity contribution in [2.75, 3.05) is 32.0 Å². The van der Waals surface area contributed by atoms with Gasteiger partial charge in [-0.1, -0.05) is 0 Å². The van der Waals surface area contributed by atoms with Crippen LogP contribution in [0.3, 0.4) is 0 Å². The predicted molar refractivity (Wildman–Crippen MR) is 55.5 cm³/mol. The number of hydrogen-bond acceptors (Lipinski definition) is 6. The second-order valence-electron chi connectivity index (χ2n) is 3.46. The molecule has 88 valence electrons. The van der Waals surface area contributed by atoms with Gasteiger partial charge in [-0.15, -0.1) is 0 Å². The summed E-state index contributed by atoms with van der Waals surface area (Å²) < 4.78 is 9.69. The summed E-state index contributed by atoms with van der Waals surface area (Å²) in [5, 5.41) is 20.6. The van der Waals surface area contributed by atoms with Gasteiger partial charge in [-0.2, -0.15) is 11.8 Å². The summed E-state index contributed by atoms with van der Waals surface area (Å²) in [6.07, 6.45) is -0.666. The molecule has 0 saturated carbocycles. The summed E-state index contributed by atoms with van der Waals surface area (Å²) in [6, 6.07) is 0. The molecule has 7 heteroatoms. The molecule has 0 aromatic carbocycles. The Morgan fingerprint density at radius 3 is 2.93 bits per heavy atom. The van der Waals surface area contributed by atoms with Crippen LogP contribution in [0.25, 0.3) is 0 Å². The van der Waals surface area contributed by atoms with Crippen molar-refractivity contribution in [2.45, 2.75) is 18.1 Å². The number of hydrogen-bond donors (Lipinski definition) is 1. The summed E-state index contributed by atoms with van der Waals surface area (Å²) in [4.78, 5) is 10.6. The first kappa shape index (κ1) is 12.7. The van der Waals surface area contributed by atoms with Crippen LogP contribution in [-0.4, -0.2) is 53.7 Å². The van der Waals surface area contributed by atoms with Crippen LogP contribution in [0.1, 0.15) is 6.42 Å². The smallest absolute Gasteiger partial charge is 0.259 e. The molecular weight excluding hydrogens is 222 g/mol. The molecule has 1 rings (SSSR count). The average Bonchev–Trinajstić information content (AvgIpc) is 2.56. The van der Waals surface area contributed by atoms with E-state index in [1.165, 1.54) is 18.9 Å². The second-order valence-corrected chi connectivity index (χ2v) is 4.49. The van der Waals surface area contributed by atoms with Gasteiger partial charge in [0.2, 0.25) is 0 Å².